The van der Waals surface area contributed by atoms with Crippen LogP contribution in [0.25, 0.3) is 28.1 Å². The molecule has 0 radical (unpaired) electrons. The van der Waals surface area contributed by atoms with E-state index in [0.29, 0.717) is 12.6 Å². The van der Waals surface area contributed by atoms with Crippen LogP contribution in [0.4, 0.5) is 0 Å². The van der Waals surface area contributed by atoms with Crippen molar-refractivity contribution in [1.82, 2.24) is 28.9 Å². The van der Waals surface area contributed by atoms with Gasteiger partial charge in [-0.3, -0.25) is 9.08 Å². The maximum Gasteiger partial charge on any atom is 0.161 e. The number of rotatable bonds is 4. The van der Waals surface area contributed by atoms with Gasteiger partial charge >= 0.3 is 0 Å². The fourth-order valence-corrected chi connectivity index (χ4v) is 4.58. The third kappa shape index (κ3) is 2.75. The predicted molar refractivity (Wildman–Crippen MR) is 118 cm³/mol. The van der Waals surface area contributed by atoms with Gasteiger partial charge in [0, 0.05) is 17.8 Å². The number of aryl methyl sites for hydroxylation is 1. The van der Waals surface area contributed by atoms with Gasteiger partial charge in [-0.15, -0.1) is 10.2 Å². The molecule has 6 rings (SSSR count). The maximum atomic E-state index is 6.26. The Morgan fingerprint density at radius 3 is 2.73 bits per heavy atom. The van der Waals surface area contributed by atoms with Crippen molar-refractivity contribution in [2.24, 2.45) is 0 Å². The van der Waals surface area contributed by atoms with Gasteiger partial charge in [-0.05, 0) is 68.1 Å². The highest BCUT2D eigenvalue weighted by Gasteiger charge is 2.22. The first-order valence-electron chi connectivity index (χ1n) is 10.3. The van der Waals surface area contributed by atoms with Crippen molar-refractivity contribution in [3.8, 4) is 11.4 Å². The quantitative estimate of drug-likeness (QED) is 0.400. The largest absolute Gasteiger partial charge is 0.333 e. The van der Waals surface area contributed by atoms with E-state index < -0.39 is 0 Å². The summed E-state index contributed by atoms with van der Waals surface area (Å²) in [5, 5.41) is 14.2. The fourth-order valence-electron chi connectivity index (χ4n) is 4.37. The van der Waals surface area contributed by atoms with Crippen molar-refractivity contribution in [1.29, 1.82) is 0 Å². The molecular weight excluding hydrogens is 396 g/mol. The van der Waals surface area contributed by atoms with E-state index in [4.69, 9.17) is 16.7 Å². The van der Waals surface area contributed by atoms with Gasteiger partial charge in [-0.25, -0.2) is 0 Å². The molecule has 0 N–H and O–H groups in total. The van der Waals surface area contributed by atoms with E-state index in [-0.39, 0.29) is 0 Å². The number of hydrogen-bond donors (Lipinski definition) is 0. The number of benzene rings is 1. The van der Waals surface area contributed by atoms with Gasteiger partial charge in [0.2, 0.25) is 0 Å². The van der Waals surface area contributed by atoms with E-state index in [1.807, 2.05) is 31.2 Å². The Hall–Kier alpha value is -3.12. The molecule has 6 nitrogen and oxygen atoms in total. The summed E-state index contributed by atoms with van der Waals surface area (Å²) in [6.07, 6.45) is 5.83. The number of hydrogen-bond acceptors (Lipinski definition) is 3. The summed E-state index contributed by atoms with van der Waals surface area (Å²) in [5.74, 6) is 0.877. The van der Waals surface area contributed by atoms with Gasteiger partial charge in [-0.2, -0.15) is 5.10 Å². The van der Waals surface area contributed by atoms with Crippen molar-refractivity contribution in [3.63, 3.8) is 0 Å². The molecule has 0 spiro atoms. The molecule has 4 aromatic heterocycles. The average Bonchev–Trinajstić information content (AvgIpc) is 3.39. The van der Waals surface area contributed by atoms with E-state index in [1.54, 1.807) is 0 Å². The Morgan fingerprint density at radius 1 is 1.03 bits per heavy atom. The van der Waals surface area contributed by atoms with E-state index in [9.17, 15) is 0 Å². The topological polar surface area (TPSA) is 52.9 Å². The first-order valence-corrected chi connectivity index (χ1v) is 10.7. The van der Waals surface area contributed by atoms with Crippen LogP contribution in [-0.2, 0) is 6.54 Å². The second-order valence-electron chi connectivity index (χ2n) is 8.06. The van der Waals surface area contributed by atoms with E-state index >= 15 is 0 Å². The molecule has 1 saturated carbocycles. The summed E-state index contributed by atoms with van der Waals surface area (Å²) in [7, 11) is 0. The van der Waals surface area contributed by atoms with E-state index in [1.165, 1.54) is 19.3 Å². The minimum absolute atomic E-state index is 0.538. The predicted octanol–water partition coefficient (Wildman–Crippen LogP) is 5.28. The van der Waals surface area contributed by atoms with Crippen LogP contribution in [0.5, 0.6) is 0 Å². The molecule has 0 atom stereocenters. The van der Waals surface area contributed by atoms with Crippen molar-refractivity contribution in [2.75, 3.05) is 0 Å². The fraction of sp³-hybridized carbons (Fsp3) is 0.261. The van der Waals surface area contributed by atoms with Crippen LogP contribution in [-0.4, -0.2) is 28.9 Å². The van der Waals surface area contributed by atoms with Gasteiger partial charge in [0.25, 0.3) is 0 Å². The standard InChI is InChI=1S/C23H21ClN6/c1-15-25-26-23-9-8-20-22(30(15)23)13-21(19-10-11-29(27-19)18-6-3-7-18)28(20)14-16-4-2-5-17(24)12-16/h2,4-5,8-13,18H,3,6-7,14H2,1H3. The first kappa shape index (κ1) is 17.7. The van der Waals surface area contributed by atoms with Gasteiger partial charge in [-0.1, -0.05) is 23.7 Å². The molecule has 30 heavy (non-hydrogen) atoms. The molecule has 5 aromatic rings. The van der Waals surface area contributed by atoms with Crippen LogP contribution in [0.15, 0.2) is 54.7 Å². The molecule has 1 aliphatic rings. The lowest BCUT2D eigenvalue weighted by molar-refractivity contribution is 0.290. The zero-order chi connectivity index (χ0) is 20.2. The van der Waals surface area contributed by atoms with Gasteiger partial charge < -0.3 is 4.57 Å². The molecule has 150 valence electrons. The molecule has 0 aliphatic heterocycles. The van der Waals surface area contributed by atoms with Gasteiger partial charge in [0.1, 0.15) is 11.5 Å². The second-order valence-corrected chi connectivity index (χ2v) is 8.49. The van der Waals surface area contributed by atoms with Crippen LogP contribution < -0.4 is 0 Å². The molecule has 0 saturated heterocycles. The van der Waals surface area contributed by atoms with Crippen LogP contribution in [0.1, 0.15) is 36.7 Å². The Morgan fingerprint density at radius 2 is 1.93 bits per heavy atom. The number of fused-ring (bicyclic) bond motifs is 3. The molecular formula is C23H21ClN6. The lowest BCUT2D eigenvalue weighted by atomic mass is 9.93. The molecule has 0 amide bonds. The van der Waals surface area contributed by atoms with Crippen molar-refractivity contribution < 1.29 is 0 Å². The van der Waals surface area contributed by atoms with E-state index in [0.717, 1.165) is 44.5 Å². The average molecular weight is 417 g/mol. The summed E-state index contributed by atoms with van der Waals surface area (Å²) in [4.78, 5) is 0. The summed E-state index contributed by atoms with van der Waals surface area (Å²) >= 11 is 6.26. The SMILES string of the molecule is Cc1nnc2ccc3c(cc(-c4ccn(C5CCC5)n4)n3Cc3cccc(Cl)c3)n12. The Kier molecular flexibility index (Phi) is 3.96. The number of nitrogens with zero attached hydrogens (tertiary/aromatic N) is 6. The van der Waals surface area contributed by atoms with Crippen molar-refractivity contribution in [3.05, 3.63) is 71.1 Å². The second kappa shape index (κ2) is 6.71. The zero-order valence-corrected chi connectivity index (χ0v) is 17.4. The molecule has 1 fully saturated rings. The number of aromatic nitrogens is 6. The highest BCUT2D eigenvalue weighted by molar-refractivity contribution is 6.30. The third-order valence-corrected chi connectivity index (χ3v) is 6.38. The summed E-state index contributed by atoms with van der Waals surface area (Å²) in [6.45, 7) is 2.70. The van der Waals surface area contributed by atoms with Crippen LogP contribution in [0, 0.1) is 6.92 Å². The van der Waals surface area contributed by atoms with Crippen molar-refractivity contribution >= 4 is 28.3 Å². The third-order valence-electron chi connectivity index (χ3n) is 6.15. The summed E-state index contributed by atoms with van der Waals surface area (Å²) in [5.41, 5.74) is 6.29. The van der Waals surface area contributed by atoms with Crippen molar-refractivity contribution in [2.45, 2.75) is 38.8 Å². The molecule has 7 heteroatoms. The van der Waals surface area contributed by atoms with Gasteiger partial charge in [0.05, 0.1) is 22.8 Å². The van der Waals surface area contributed by atoms with Gasteiger partial charge in [0.15, 0.2) is 5.65 Å². The van der Waals surface area contributed by atoms with Crippen LogP contribution in [0.2, 0.25) is 5.02 Å². The molecule has 1 aromatic carbocycles. The summed E-state index contributed by atoms with van der Waals surface area (Å²) < 4.78 is 6.55. The molecule has 4 heterocycles. The number of halogens is 1. The monoisotopic (exact) mass is 416 g/mol. The number of pyridine rings is 1. The molecule has 0 bridgehead atoms. The highest BCUT2D eigenvalue weighted by atomic mass is 35.5. The molecule has 0 unspecified atom stereocenters. The molecule has 1 aliphatic carbocycles. The Bertz CT molecular complexity index is 1390. The minimum atomic E-state index is 0.538. The first-order chi connectivity index (χ1) is 14.7. The normalized spacial score (nSPS) is 14.6. The smallest absolute Gasteiger partial charge is 0.161 e. The minimum Gasteiger partial charge on any atom is -0.333 e. The lowest BCUT2D eigenvalue weighted by Gasteiger charge is -2.25. The van der Waals surface area contributed by atoms with E-state index in [2.05, 4.69) is 54.3 Å². The zero-order valence-electron chi connectivity index (χ0n) is 16.7. The van der Waals surface area contributed by atoms with Crippen LogP contribution in [0.3, 0.4) is 0 Å². The highest BCUT2D eigenvalue weighted by Crippen LogP contribution is 2.34. The Balaban J connectivity index is 1.56. The Labute approximate surface area is 178 Å². The van der Waals surface area contributed by atoms with Crippen LogP contribution >= 0.6 is 11.6 Å². The lowest BCUT2D eigenvalue weighted by Crippen LogP contribution is -2.17. The maximum absolute atomic E-state index is 6.26. The summed E-state index contributed by atoms with van der Waals surface area (Å²) in [6, 6.07) is 17.0.